The fourth-order valence-electron chi connectivity index (χ4n) is 5.31. The van der Waals surface area contributed by atoms with Gasteiger partial charge in [-0.05, 0) is 44.4 Å². The molecule has 2 aliphatic rings. The Morgan fingerprint density at radius 2 is 1.52 bits per heavy atom. The number of para-hydroxylation sites is 2. The molecular weight excluding hydrogens is 352 g/mol. The zero-order valence-corrected chi connectivity index (χ0v) is 18.7. The highest BCUT2D eigenvalue weighted by atomic mass is 15.2. The minimum Gasteiger partial charge on any atom is -0.347 e. The fourth-order valence-corrected chi connectivity index (χ4v) is 5.31. The first-order valence-electron chi connectivity index (χ1n) is 10.8. The third-order valence-corrected chi connectivity index (χ3v) is 7.50. The summed E-state index contributed by atoms with van der Waals surface area (Å²) in [6.07, 6.45) is 9.08. The molecule has 0 radical (unpaired) electrons. The number of likely N-dealkylation sites (N-methyl/N-ethyl adjacent to an activating group) is 1. The van der Waals surface area contributed by atoms with Gasteiger partial charge in [-0.1, -0.05) is 56.3 Å². The number of rotatable bonds is 4. The minimum atomic E-state index is 0.0545. The highest BCUT2D eigenvalue weighted by Crippen LogP contribution is 2.49. The first-order valence-corrected chi connectivity index (χ1v) is 10.8. The van der Waals surface area contributed by atoms with Gasteiger partial charge in [0, 0.05) is 41.6 Å². The largest absolute Gasteiger partial charge is 0.347 e. The lowest BCUT2D eigenvalue weighted by Crippen LogP contribution is -2.29. The predicted octanol–water partition coefficient (Wildman–Crippen LogP) is 6.34. The molecule has 2 heterocycles. The maximum Gasteiger partial charge on any atom is 0.209 e. The number of anilines is 1. The van der Waals surface area contributed by atoms with Crippen LogP contribution in [0.5, 0.6) is 0 Å². The van der Waals surface area contributed by atoms with E-state index in [1.807, 2.05) is 0 Å². The van der Waals surface area contributed by atoms with Gasteiger partial charge in [-0.3, -0.25) is 0 Å². The maximum atomic E-state index is 2.37. The first kappa shape index (κ1) is 19.7. The van der Waals surface area contributed by atoms with Crippen LogP contribution >= 0.6 is 0 Å². The highest BCUT2D eigenvalue weighted by Gasteiger charge is 2.45. The van der Waals surface area contributed by atoms with Crippen molar-refractivity contribution in [3.05, 3.63) is 83.6 Å². The van der Waals surface area contributed by atoms with Crippen LogP contribution in [0, 0.1) is 0 Å². The number of benzene rings is 2. The van der Waals surface area contributed by atoms with Crippen LogP contribution in [0.15, 0.2) is 72.5 Å². The van der Waals surface area contributed by atoms with Gasteiger partial charge in [0.25, 0.3) is 0 Å². The van der Waals surface area contributed by atoms with Gasteiger partial charge in [-0.15, -0.1) is 0 Å². The van der Waals surface area contributed by atoms with Crippen molar-refractivity contribution in [1.82, 2.24) is 0 Å². The lowest BCUT2D eigenvalue weighted by molar-refractivity contribution is -0.401. The number of hydrogen-bond acceptors (Lipinski definition) is 1. The molecule has 2 unspecified atom stereocenters. The lowest BCUT2D eigenvalue weighted by Gasteiger charge is -2.27. The molecule has 0 saturated carbocycles. The zero-order valence-electron chi connectivity index (χ0n) is 18.7. The summed E-state index contributed by atoms with van der Waals surface area (Å²) in [7, 11) is 4.39. The van der Waals surface area contributed by atoms with E-state index in [1.165, 1.54) is 33.9 Å². The van der Waals surface area contributed by atoms with Gasteiger partial charge in [-0.2, -0.15) is 4.58 Å². The minimum absolute atomic E-state index is 0.0545. The Balaban J connectivity index is 1.74. The summed E-state index contributed by atoms with van der Waals surface area (Å²) in [5.41, 5.74) is 8.37. The molecule has 0 bridgehead atoms. The SMILES string of the molecule is CCC1(C)C(=CC=CC2=[N+](C)c3ccccc3C2(C)CC)N(C)c2ccccc21. The molecule has 0 aliphatic carbocycles. The van der Waals surface area contributed by atoms with E-state index in [0.29, 0.717) is 0 Å². The number of nitrogens with zero attached hydrogens (tertiary/aromatic N) is 2. The van der Waals surface area contributed by atoms with E-state index in [0.717, 1.165) is 12.8 Å². The maximum absolute atomic E-state index is 2.37. The summed E-state index contributed by atoms with van der Waals surface area (Å²) < 4.78 is 2.36. The first-order chi connectivity index (χ1) is 13.9. The van der Waals surface area contributed by atoms with E-state index in [9.17, 15) is 0 Å². The Morgan fingerprint density at radius 3 is 2.21 bits per heavy atom. The summed E-state index contributed by atoms with van der Waals surface area (Å²) in [6, 6.07) is 17.6. The molecule has 0 fully saturated rings. The second-order valence-corrected chi connectivity index (χ2v) is 8.82. The van der Waals surface area contributed by atoms with E-state index in [2.05, 4.69) is 118 Å². The molecule has 2 aliphatic heterocycles. The second kappa shape index (κ2) is 7.02. The van der Waals surface area contributed by atoms with Crippen LogP contribution in [0.1, 0.15) is 51.7 Å². The van der Waals surface area contributed by atoms with Gasteiger partial charge in [0.1, 0.15) is 7.05 Å². The Morgan fingerprint density at radius 1 is 0.897 bits per heavy atom. The summed E-state index contributed by atoms with van der Waals surface area (Å²) in [5.74, 6) is 0. The van der Waals surface area contributed by atoms with Gasteiger partial charge in [-0.25, -0.2) is 0 Å². The molecule has 2 nitrogen and oxygen atoms in total. The zero-order chi connectivity index (χ0) is 20.8. The molecule has 2 atom stereocenters. The van der Waals surface area contributed by atoms with Gasteiger partial charge in [0.05, 0.1) is 5.41 Å². The number of hydrogen-bond donors (Lipinski definition) is 0. The molecule has 0 saturated heterocycles. The van der Waals surface area contributed by atoms with Crippen molar-refractivity contribution in [3.8, 4) is 0 Å². The molecule has 0 aromatic heterocycles. The van der Waals surface area contributed by atoms with E-state index in [-0.39, 0.29) is 10.8 Å². The number of fused-ring (bicyclic) bond motifs is 2. The molecule has 0 amide bonds. The van der Waals surface area contributed by atoms with Crippen molar-refractivity contribution in [3.63, 3.8) is 0 Å². The van der Waals surface area contributed by atoms with Crippen LogP contribution in [-0.4, -0.2) is 24.4 Å². The fraction of sp³-hybridized carbons (Fsp3) is 0.370. The van der Waals surface area contributed by atoms with E-state index in [4.69, 9.17) is 0 Å². The van der Waals surface area contributed by atoms with Crippen LogP contribution < -0.4 is 4.90 Å². The van der Waals surface area contributed by atoms with Gasteiger partial charge < -0.3 is 4.90 Å². The van der Waals surface area contributed by atoms with Crippen LogP contribution in [-0.2, 0) is 10.8 Å². The van der Waals surface area contributed by atoms with Crippen LogP contribution in [0.2, 0.25) is 0 Å². The third kappa shape index (κ3) is 2.73. The van der Waals surface area contributed by atoms with E-state index in [1.54, 1.807) is 0 Å². The van der Waals surface area contributed by atoms with Crippen molar-refractivity contribution < 1.29 is 4.58 Å². The van der Waals surface area contributed by atoms with Crippen molar-refractivity contribution in [2.75, 3.05) is 19.0 Å². The summed E-state index contributed by atoms with van der Waals surface area (Å²) in [4.78, 5) is 2.36. The van der Waals surface area contributed by atoms with Gasteiger partial charge in [0.15, 0.2) is 5.71 Å². The summed E-state index contributed by atoms with van der Waals surface area (Å²) in [5, 5.41) is 0. The van der Waals surface area contributed by atoms with Crippen LogP contribution in [0.3, 0.4) is 0 Å². The highest BCUT2D eigenvalue weighted by molar-refractivity contribution is 6.03. The van der Waals surface area contributed by atoms with E-state index >= 15 is 0 Å². The molecule has 2 aromatic carbocycles. The second-order valence-electron chi connectivity index (χ2n) is 8.82. The molecule has 4 rings (SSSR count). The van der Waals surface area contributed by atoms with Crippen molar-refractivity contribution in [1.29, 1.82) is 0 Å². The predicted molar refractivity (Wildman–Crippen MR) is 125 cm³/mol. The smallest absolute Gasteiger partial charge is 0.209 e. The quantitative estimate of drug-likeness (QED) is 0.557. The molecular formula is C27H33N2+. The van der Waals surface area contributed by atoms with Crippen molar-refractivity contribution in [2.24, 2.45) is 0 Å². The normalized spacial score (nSPS) is 27.2. The number of allylic oxidation sites excluding steroid dienone is 4. The third-order valence-electron chi connectivity index (χ3n) is 7.50. The molecule has 29 heavy (non-hydrogen) atoms. The summed E-state index contributed by atoms with van der Waals surface area (Å²) >= 11 is 0. The van der Waals surface area contributed by atoms with Crippen molar-refractivity contribution >= 4 is 17.1 Å². The van der Waals surface area contributed by atoms with Crippen LogP contribution in [0.25, 0.3) is 0 Å². The van der Waals surface area contributed by atoms with Crippen LogP contribution in [0.4, 0.5) is 11.4 Å². The Labute approximate surface area is 175 Å². The Kier molecular flexibility index (Phi) is 4.77. The monoisotopic (exact) mass is 385 g/mol. The molecule has 0 spiro atoms. The molecule has 0 N–H and O–H groups in total. The average molecular weight is 386 g/mol. The molecule has 2 aromatic rings. The Hall–Kier alpha value is -2.61. The summed E-state index contributed by atoms with van der Waals surface area (Å²) in [6.45, 7) is 9.32. The topological polar surface area (TPSA) is 6.25 Å². The average Bonchev–Trinajstić information content (AvgIpc) is 3.11. The lowest BCUT2D eigenvalue weighted by atomic mass is 9.77. The molecule has 2 heteroatoms. The molecule has 150 valence electrons. The van der Waals surface area contributed by atoms with E-state index < -0.39 is 0 Å². The van der Waals surface area contributed by atoms with Crippen molar-refractivity contribution in [2.45, 2.75) is 51.4 Å². The standard InChI is InChI=1S/C27H33N2/c1-7-26(3)20-14-9-11-16-22(20)28(5)24(26)18-13-19-25-27(4,8-2)21-15-10-12-17-23(21)29(25)6/h9-19H,7-8H2,1-6H3/q+1. The van der Waals surface area contributed by atoms with Gasteiger partial charge in [0.2, 0.25) is 5.69 Å². The Bertz CT molecular complexity index is 1040. The van der Waals surface area contributed by atoms with Gasteiger partial charge >= 0.3 is 0 Å².